The van der Waals surface area contributed by atoms with Gasteiger partial charge < -0.3 is 4.42 Å². The van der Waals surface area contributed by atoms with Crippen molar-refractivity contribution in [1.82, 2.24) is 0 Å². The number of fused-ring (bicyclic) bond motifs is 3. The van der Waals surface area contributed by atoms with Gasteiger partial charge in [-0.15, -0.1) is 0 Å². The van der Waals surface area contributed by atoms with Crippen molar-refractivity contribution in [2.45, 2.75) is 6.92 Å². The lowest BCUT2D eigenvalue weighted by atomic mass is 10.1. The van der Waals surface area contributed by atoms with Crippen LogP contribution < -0.4 is 10.2 Å². The van der Waals surface area contributed by atoms with E-state index in [0.29, 0.717) is 11.0 Å². The third-order valence-corrected chi connectivity index (χ3v) is 3.08. The normalized spacial score (nSPS) is 11.2. The van der Waals surface area contributed by atoms with E-state index < -0.39 is 0 Å². The van der Waals surface area contributed by atoms with Gasteiger partial charge in [-0.2, -0.15) is 4.57 Å². The zero-order valence-corrected chi connectivity index (χ0v) is 9.73. The maximum atomic E-state index is 11.9. The molecule has 0 amide bonds. The molecule has 3 rings (SSSR count). The Balaban J connectivity index is 2.76. The molecule has 3 heteroatoms. The standard InChI is InChI=1S/C14H12NO2/c1-9-5-3-6-10-12(9)13-11(17-14(10)16)7-4-8-15(13)2/h3-8H,1-2H3/q+1. The van der Waals surface area contributed by atoms with Gasteiger partial charge in [-0.25, -0.2) is 4.79 Å². The topological polar surface area (TPSA) is 34.1 Å². The predicted molar refractivity (Wildman–Crippen MR) is 65.9 cm³/mol. The second-order valence-corrected chi connectivity index (χ2v) is 4.22. The number of nitrogens with zero attached hydrogens (tertiary/aromatic N) is 1. The van der Waals surface area contributed by atoms with Crippen LogP contribution in [-0.2, 0) is 7.05 Å². The van der Waals surface area contributed by atoms with Gasteiger partial charge in [0.05, 0.1) is 10.8 Å². The first-order valence-electron chi connectivity index (χ1n) is 5.49. The Kier molecular flexibility index (Phi) is 2.01. The van der Waals surface area contributed by atoms with Crippen LogP contribution in [0.4, 0.5) is 0 Å². The zero-order valence-electron chi connectivity index (χ0n) is 9.73. The predicted octanol–water partition coefficient (Wildman–Crippen LogP) is 2.08. The molecule has 0 unspecified atom stereocenters. The summed E-state index contributed by atoms with van der Waals surface area (Å²) in [6.07, 6.45) is 1.95. The van der Waals surface area contributed by atoms with Crippen LogP contribution >= 0.6 is 0 Å². The van der Waals surface area contributed by atoms with E-state index in [2.05, 4.69) is 0 Å². The van der Waals surface area contributed by atoms with Crippen molar-refractivity contribution < 1.29 is 8.98 Å². The quantitative estimate of drug-likeness (QED) is 0.434. The average molecular weight is 226 g/mol. The summed E-state index contributed by atoms with van der Waals surface area (Å²) in [5, 5.41) is 1.61. The minimum atomic E-state index is -0.276. The van der Waals surface area contributed by atoms with Gasteiger partial charge in [-0.05, 0) is 24.6 Å². The summed E-state index contributed by atoms with van der Waals surface area (Å²) >= 11 is 0. The molecule has 2 heterocycles. The number of hydrogen-bond donors (Lipinski definition) is 0. The fourth-order valence-electron chi connectivity index (χ4n) is 2.28. The lowest BCUT2D eigenvalue weighted by Gasteiger charge is -2.02. The lowest BCUT2D eigenvalue weighted by molar-refractivity contribution is -0.644. The van der Waals surface area contributed by atoms with Crippen LogP contribution in [0.15, 0.2) is 45.7 Å². The smallest absolute Gasteiger partial charge is 0.344 e. The van der Waals surface area contributed by atoms with Crippen LogP contribution in [0.1, 0.15) is 5.56 Å². The van der Waals surface area contributed by atoms with E-state index in [1.54, 1.807) is 6.07 Å². The summed E-state index contributed by atoms with van der Waals surface area (Å²) in [5.74, 6) is 0. The molecule has 1 aromatic carbocycles. The fourth-order valence-corrected chi connectivity index (χ4v) is 2.28. The van der Waals surface area contributed by atoms with Gasteiger partial charge in [0.1, 0.15) is 7.05 Å². The molecule has 3 nitrogen and oxygen atoms in total. The van der Waals surface area contributed by atoms with Crippen molar-refractivity contribution >= 4 is 21.9 Å². The van der Waals surface area contributed by atoms with Crippen LogP contribution in [0.5, 0.6) is 0 Å². The molecule has 2 aromatic heterocycles. The van der Waals surface area contributed by atoms with Gasteiger partial charge in [-0.3, -0.25) is 0 Å². The molecule has 3 aromatic rings. The molecule has 0 spiro atoms. The highest BCUT2D eigenvalue weighted by atomic mass is 16.4. The first-order valence-corrected chi connectivity index (χ1v) is 5.49. The number of aryl methyl sites for hydroxylation is 2. The third-order valence-electron chi connectivity index (χ3n) is 3.08. The maximum Gasteiger partial charge on any atom is 0.344 e. The van der Waals surface area contributed by atoms with Crippen LogP contribution in [0.3, 0.4) is 0 Å². The minimum Gasteiger partial charge on any atom is -0.416 e. The molecule has 0 N–H and O–H groups in total. The Bertz CT molecular complexity index is 787. The maximum absolute atomic E-state index is 11.9. The van der Waals surface area contributed by atoms with Crippen molar-refractivity contribution in [1.29, 1.82) is 0 Å². The van der Waals surface area contributed by atoms with Gasteiger partial charge in [-0.1, -0.05) is 12.1 Å². The van der Waals surface area contributed by atoms with Crippen molar-refractivity contribution in [3.63, 3.8) is 0 Å². The minimum absolute atomic E-state index is 0.276. The van der Waals surface area contributed by atoms with Crippen LogP contribution in [0.2, 0.25) is 0 Å². The summed E-state index contributed by atoms with van der Waals surface area (Å²) in [5.41, 5.74) is 2.40. The Morgan fingerprint density at radius 1 is 1.18 bits per heavy atom. The summed E-state index contributed by atoms with van der Waals surface area (Å²) in [6, 6.07) is 9.39. The SMILES string of the molecule is Cc1cccc2c(=O)oc3ccc[n+](C)c3c12. The number of pyridine rings is 1. The molecule has 0 aliphatic heterocycles. The van der Waals surface area contributed by atoms with E-state index in [4.69, 9.17) is 4.42 Å². The first-order chi connectivity index (χ1) is 8.18. The summed E-state index contributed by atoms with van der Waals surface area (Å²) < 4.78 is 7.31. The number of rotatable bonds is 0. The molecular weight excluding hydrogens is 214 g/mol. The van der Waals surface area contributed by atoms with Crippen molar-refractivity contribution in [3.8, 4) is 0 Å². The van der Waals surface area contributed by atoms with E-state index in [1.165, 1.54) is 0 Å². The molecule has 0 aliphatic rings. The molecule has 0 saturated heterocycles. The van der Waals surface area contributed by atoms with E-state index in [1.807, 2.05) is 49.0 Å². The molecule has 0 saturated carbocycles. The van der Waals surface area contributed by atoms with Crippen LogP contribution in [0, 0.1) is 6.92 Å². The van der Waals surface area contributed by atoms with Crippen LogP contribution in [-0.4, -0.2) is 0 Å². The Hall–Kier alpha value is -2.16. The van der Waals surface area contributed by atoms with Gasteiger partial charge in [0.15, 0.2) is 6.20 Å². The van der Waals surface area contributed by atoms with Gasteiger partial charge in [0.2, 0.25) is 5.58 Å². The van der Waals surface area contributed by atoms with Gasteiger partial charge in [0.25, 0.3) is 5.52 Å². The second kappa shape index (κ2) is 3.42. The Morgan fingerprint density at radius 3 is 2.82 bits per heavy atom. The second-order valence-electron chi connectivity index (χ2n) is 4.22. The van der Waals surface area contributed by atoms with E-state index in [0.717, 1.165) is 16.5 Å². The number of benzene rings is 1. The molecule has 0 atom stereocenters. The Labute approximate surface area is 97.9 Å². The largest absolute Gasteiger partial charge is 0.416 e. The average Bonchev–Trinajstić information content (AvgIpc) is 2.30. The number of hydrogen-bond acceptors (Lipinski definition) is 2. The van der Waals surface area contributed by atoms with Crippen molar-refractivity contribution in [2.75, 3.05) is 0 Å². The van der Waals surface area contributed by atoms with E-state index >= 15 is 0 Å². The van der Waals surface area contributed by atoms with Gasteiger partial charge in [0, 0.05) is 6.07 Å². The molecule has 17 heavy (non-hydrogen) atoms. The first kappa shape index (κ1) is 10.0. The van der Waals surface area contributed by atoms with E-state index in [-0.39, 0.29) is 5.63 Å². The fraction of sp³-hybridized carbons (Fsp3) is 0.143. The molecule has 0 bridgehead atoms. The Morgan fingerprint density at radius 2 is 2.00 bits per heavy atom. The van der Waals surface area contributed by atoms with E-state index in [9.17, 15) is 4.79 Å². The lowest BCUT2D eigenvalue weighted by Crippen LogP contribution is -2.29. The third kappa shape index (κ3) is 1.35. The zero-order chi connectivity index (χ0) is 12.0. The highest BCUT2D eigenvalue weighted by Crippen LogP contribution is 2.22. The summed E-state index contributed by atoms with van der Waals surface area (Å²) in [4.78, 5) is 11.9. The summed E-state index contributed by atoms with van der Waals surface area (Å²) in [6.45, 7) is 2.01. The molecule has 0 fully saturated rings. The molecule has 0 aliphatic carbocycles. The molecule has 0 radical (unpaired) electrons. The summed E-state index contributed by atoms with van der Waals surface area (Å²) in [7, 11) is 1.95. The highest BCUT2D eigenvalue weighted by molar-refractivity contribution is 6.01. The molecular formula is C14H12NO2+. The van der Waals surface area contributed by atoms with Gasteiger partial charge >= 0.3 is 5.63 Å². The van der Waals surface area contributed by atoms with Crippen LogP contribution in [0.25, 0.3) is 21.9 Å². The van der Waals surface area contributed by atoms with Crippen molar-refractivity contribution in [3.05, 3.63) is 52.5 Å². The van der Waals surface area contributed by atoms with Crippen molar-refractivity contribution in [2.24, 2.45) is 7.05 Å². The molecule has 84 valence electrons. The monoisotopic (exact) mass is 226 g/mol. The highest BCUT2D eigenvalue weighted by Gasteiger charge is 2.15. The number of aromatic nitrogens is 1.